The standard InChI is InChI=1S/C21H34N4O2/c1-3-5-6-7-13-22-14-12-19(4-2)23-24-20-8-10-21(11-9-20)25(15-17-26)16-18-27/h4,8-12,14,22,26-27H,3,5-7,13,15-18H2,1-2H3/b14-12-,19-4+,24-23+. The summed E-state index contributed by atoms with van der Waals surface area (Å²) in [6.07, 6.45) is 10.7. The molecule has 0 aromatic heterocycles. The van der Waals surface area contributed by atoms with Crippen LogP contribution in [-0.4, -0.2) is 43.1 Å². The molecule has 27 heavy (non-hydrogen) atoms. The molecule has 1 aromatic rings. The minimum absolute atomic E-state index is 0.0467. The van der Waals surface area contributed by atoms with Crippen molar-refractivity contribution in [2.45, 2.75) is 39.5 Å². The number of nitrogens with zero attached hydrogens (tertiary/aromatic N) is 3. The van der Waals surface area contributed by atoms with E-state index in [4.69, 9.17) is 10.2 Å². The van der Waals surface area contributed by atoms with Crippen LogP contribution in [0.2, 0.25) is 0 Å². The highest BCUT2D eigenvalue weighted by Gasteiger charge is 2.04. The lowest BCUT2D eigenvalue weighted by molar-refractivity contribution is 0.281. The Hall–Kier alpha value is -2.18. The monoisotopic (exact) mass is 374 g/mol. The lowest BCUT2D eigenvalue weighted by Crippen LogP contribution is -2.29. The number of aliphatic hydroxyl groups is 2. The average molecular weight is 375 g/mol. The first kappa shape index (κ1) is 22.9. The molecule has 0 heterocycles. The zero-order valence-electron chi connectivity index (χ0n) is 16.6. The fraction of sp³-hybridized carbons (Fsp3) is 0.524. The van der Waals surface area contributed by atoms with Crippen molar-refractivity contribution in [3.63, 3.8) is 0 Å². The maximum atomic E-state index is 9.12. The minimum atomic E-state index is 0.0467. The summed E-state index contributed by atoms with van der Waals surface area (Å²) in [5.41, 5.74) is 2.49. The molecule has 0 saturated heterocycles. The minimum Gasteiger partial charge on any atom is -0.395 e. The lowest BCUT2D eigenvalue weighted by atomic mass is 10.2. The number of nitrogens with one attached hydrogen (secondary N) is 1. The number of aliphatic hydroxyl groups excluding tert-OH is 2. The van der Waals surface area contributed by atoms with E-state index in [0.717, 1.165) is 23.6 Å². The van der Waals surface area contributed by atoms with Gasteiger partial charge in [-0.05, 0) is 49.9 Å². The highest BCUT2D eigenvalue weighted by atomic mass is 16.3. The number of hydrogen-bond acceptors (Lipinski definition) is 6. The summed E-state index contributed by atoms with van der Waals surface area (Å²) in [6.45, 7) is 6.19. The summed E-state index contributed by atoms with van der Waals surface area (Å²) in [5.74, 6) is 0. The van der Waals surface area contributed by atoms with E-state index < -0.39 is 0 Å². The third-order valence-corrected chi connectivity index (χ3v) is 4.08. The van der Waals surface area contributed by atoms with Crippen LogP contribution in [0.15, 0.2) is 58.5 Å². The maximum Gasteiger partial charge on any atom is 0.0858 e. The molecule has 0 bridgehead atoms. The van der Waals surface area contributed by atoms with E-state index in [0.29, 0.717) is 13.1 Å². The Labute approximate surface area is 163 Å². The fourth-order valence-corrected chi connectivity index (χ4v) is 2.53. The summed E-state index contributed by atoms with van der Waals surface area (Å²) < 4.78 is 0. The van der Waals surface area contributed by atoms with Gasteiger partial charge in [0.2, 0.25) is 0 Å². The van der Waals surface area contributed by atoms with Crippen LogP contribution >= 0.6 is 0 Å². The van der Waals surface area contributed by atoms with E-state index in [1.165, 1.54) is 25.7 Å². The van der Waals surface area contributed by atoms with Gasteiger partial charge in [0, 0.05) is 25.3 Å². The third-order valence-electron chi connectivity index (χ3n) is 4.08. The van der Waals surface area contributed by atoms with Crippen molar-refractivity contribution >= 4 is 11.4 Å². The predicted octanol–water partition coefficient (Wildman–Crippen LogP) is 4.15. The molecule has 1 rings (SSSR count). The molecule has 0 saturated carbocycles. The molecule has 0 amide bonds. The molecule has 0 radical (unpaired) electrons. The van der Waals surface area contributed by atoms with Crippen molar-refractivity contribution in [1.82, 2.24) is 5.32 Å². The van der Waals surface area contributed by atoms with Crippen LogP contribution in [0.1, 0.15) is 39.5 Å². The van der Waals surface area contributed by atoms with Crippen LogP contribution in [0.3, 0.4) is 0 Å². The van der Waals surface area contributed by atoms with Gasteiger partial charge in [0.1, 0.15) is 0 Å². The van der Waals surface area contributed by atoms with Gasteiger partial charge in [-0.25, -0.2) is 0 Å². The smallest absolute Gasteiger partial charge is 0.0858 e. The number of hydrogen-bond donors (Lipinski definition) is 3. The van der Waals surface area contributed by atoms with E-state index in [1.807, 2.05) is 54.4 Å². The van der Waals surface area contributed by atoms with Crippen molar-refractivity contribution in [1.29, 1.82) is 0 Å². The van der Waals surface area contributed by atoms with Crippen molar-refractivity contribution < 1.29 is 10.2 Å². The molecule has 150 valence electrons. The van der Waals surface area contributed by atoms with Crippen LogP contribution in [0.5, 0.6) is 0 Å². The topological polar surface area (TPSA) is 80.5 Å². The summed E-state index contributed by atoms with van der Waals surface area (Å²) in [5, 5.41) is 30.1. The molecule has 0 aliphatic rings. The molecule has 6 heteroatoms. The van der Waals surface area contributed by atoms with Gasteiger partial charge in [-0.15, -0.1) is 0 Å². The SMILES string of the molecule is C/C=C(\C=C/NCCCCCC)/N=N/c1ccc(N(CCO)CCO)cc1. The fourth-order valence-electron chi connectivity index (χ4n) is 2.53. The van der Waals surface area contributed by atoms with Crippen molar-refractivity contribution in [3.05, 3.63) is 48.3 Å². The quantitative estimate of drug-likeness (QED) is 0.260. The Balaban J connectivity index is 2.53. The number of unbranched alkanes of at least 4 members (excludes halogenated alkanes) is 3. The van der Waals surface area contributed by atoms with Gasteiger partial charge in [0.25, 0.3) is 0 Å². The number of rotatable bonds is 14. The van der Waals surface area contributed by atoms with Crippen molar-refractivity contribution in [2.75, 3.05) is 37.7 Å². The van der Waals surface area contributed by atoms with E-state index in [-0.39, 0.29) is 13.2 Å². The van der Waals surface area contributed by atoms with Gasteiger partial charge in [-0.1, -0.05) is 32.3 Å². The van der Waals surface area contributed by atoms with Crippen LogP contribution < -0.4 is 10.2 Å². The molecule has 0 aliphatic heterocycles. The van der Waals surface area contributed by atoms with Gasteiger partial charge in [0.05, 0.1) is 24.6 Å². The Morgan fingerprint density at radius 2 is 1.78 bits per heavy atom. The Morgan fingerprint density at radius 3 is 2.37 bits per heavy atom. The lowest BCUT2D eigenvalue weighted by Gasteiger charge is -2.22. The van der Waals surface area contributed by atoms with E-state index >= 15 is 0 Å². The van der Waals surface area contributed by atoms with Gasteiger partial charge in [0.15, 0.2) is 0 Å². The van der Waals surface area contributed by atoms with E-state index in [2.05, 4.69) is 22.5 Å². The van der Waals surface area contributed by atoms with Gasteiger partial charge < -0.3 is 20.4 Å². The largest absolute Gasteiger partial charge is 0.395 e. The number of allylic oxidation sites excluding steroid dienone is 2. The Kier molecular flexibility index (Phi) is 12.6. The van der Waals surface area contributed by atoms with Crippen molar-refractivity contribution in [2.24, 2.45) is 10.2 Å². The zero-order chi connectivity index (χ0) is 19.7. The van der Waals surface area contributed by atoms with Crippen LogP contribution in [0.25, 0.3) is 0 Å². The van der Waals surface area contributed by atoms with Gasteiger partial charge in [-0.2, -0.15) is 10.2 Å². The number of azo groups is 1. The predicted molar refractivity (Wildman–Crippen MR) is 112 cm³/mol. The summed E-state index contributed by atoms with van der Waals surface area (Å²) in [4.78, 5) is 1.92. The number of anilines is 1. The second-order valence-electron chi connectivity index (χ2n) is 6.21. The molecule has 0 fully saturated rings. The zero-order valence-corrected chi connectivity index (χ0v) is 16.6. The average Bonchev–Trinajstić information content (AvgIpc) is 2.70. The first-order chi connectivity index (χ1) is 13.2. The first-order valence-corrected chi connectivity index (χ1v) is 9.79. The van der Waals surface area contributed by atoms with E-state index in [1.54, 1.807) is 0 Å². The molecule has 3 N–H and O–H groups in total. The summed E-state index contributed by atoms with van der Waals surface area (Å²) in [6, 6.07) is 7.60. The van der Waals surface area contributed by atoms with Crippen LogP contribution in [0, 0.1) is 0 Å². The van der Waals surface area contributed by atoms with Gasteiger partial charge in [-0.3, -0.25) is 0 Å². The van der Waals surface area contributed by atoms with Gasteiger partial charge >= 0.3 is 0 Å². The van der Waals surface area contributed by atoms with Crippen molar-refractivity contribution in [3.8, 4) is 0 Å². The molecule has 6 nitrogen and oxygen atoms in total. The van der Waals surface area contributed by atoms with Crippen LogP contribution in [0.4, 0.5) is 11.4 Å². The summed E-state index contributed by atoms with van der Waals surface area (Å²) in [7, 11) is 0. The molecule has 0 unspecified atom stereocenters. The summed E-state index contributed by atoms with van der Waals surface area (Å²) >= 11 is 0. The Morgan fingerprint density at radius 1 is 1.07 bits per heavy atom. The second-order valence-corrected chi connectivity index (χ2v) is 6.21. The number of benzene rings is 1. The normalized spacial score (nSPS) is 12.2. The molecule has 0 atom stereocenters. The molecular formula is C21H34N4O2. The molecular weight excluding hydrogens is 340 g/mol. The Bertz CT molecular complexity index is 576. The molecule has 0 aliphatic carbocycles. The maximum absolute atomic E-state index is 9.12. The highest BCUT2D eigenvalue weighted by molar-refractivity contribution is 5.52. The van der Waals surface area contributed by atoms with E-state index in [9.17, 15) is 0 Å². The highest BCUT2D eigenvalue weighted by Crippen LogP contribution is 2.20. The second kappa shape index (κ2) is 14.9. The first-order valence-electron chi connectivity index (χ1n) is 9.79. The molecule has 1 aromatic carbocycles. The van der Waals surface area contributed by atoms with Crippen LogP contribution in [-0.2, 0) is 0 Å². The third kappa shape index (κ3) is 9.92. The molecule has 0 spiro atoms.